The molecule has 2 rings (SSSR count). The second-order valence-electron chi connectivity index (χ2n) is 5.33. The fourth-order valence-electron chi connectivity index (χ4n) is 2.60. The van der Waals surface area contributed by atoms with E-state index < -0.39 is 17.3 Å². The maximum absolute atomic E-state index is 13.5. The largest absolute Gasteiger partial charge is 0.413 e. The fourth-order valence-corrected chi connectivity index (χ4v) is 2.60. The molecule has 0 aliphatic carbocycles. The number of benzene rings is 1. The van der Waals surface area contributed by atoms with E-state index in [2.05, 4.69) is 0 Å². The third-order valence-electron chi connectivity index (χ3n) is 3.72. The summed E-state index contributed by atoms with van der Waals surface area (Å²) < 4.78 is 40.4. The second-order valence-corrected chi connectivity index (χ2v) is 5.33. The van der Waals surface area contributed by atoms with E-state index in [0.29, 0.717) is 0 Å². The molecule has 0 spiro atoms. The first kappa shape index (κ1) is 13.4. The van der Waals surface area contributed by atoms with Gasteiger partial charge in [-0.1, -0.05) is 30.3 Å². The summed E-state index contributed by atoms with van der Waals surface area (Å²) in [5, 5.41) is 12.4. The zero-order valence-electron chi connectivity index (χ0n) is 10.3. The molecule has 1 unspecified atom stereocenters. The van der Waals surface area contributed by atoms with Gasteiger partial charge in [0, 0.05) is 5.54 Å². The van der Waals surface area contributed by atoms with E-state index in [9.17, 15) is 18.4 Å². The van der Waals surface area contributed by atoms with Crippen LogP contribution in [0.1, 0.15) is 32.3 Å². The van der Waals surface area contributed by atoms with Gasteiger partial charge in [-0.3, -0.25) is 0 Å². The molecule has 1 aromatic carbocycles. The van der Waals surface area contributed by atoms with Crippen LogP contribution in [0.15, 0.2) is 30.3 Å². The zero-order chi connectivity index (χ0) is 13.6. The van der Waals surface area contributed by atoms with E-state index in [1.807, 2.05) is 0 Å². The first-order chi connectivity index (χ1) is 8.22. The van der Waals surface area contributed by atoms with Gasteiger partial charge in [0.25, 0.3) is 0 Å². The number of hydrogen-bond donors (Lipinski definition) is 0. The molecule has 0 N–H and O–H groups in total. The monoisotopic (exact) mass is 258 g/mol. The smallest absolute Gasteiger partial charge is 0.168 e. The van der Waals surface area contributed by atoms with Crippen molar-refractivity contribution in [3.8, 4) is 0 Å². The van der Waals surface area contributed by atoms with Crippen LogP contribution in [0, 0.1) is 0 Å². The van der Waals surface area contributed by atoms with Gasteiger partial charge in [-0.25, -0.2) is 0 Å². The average Bonchev–Trinajstić information content (AvgIpc) is 2.53. The van der Waals surface area contributed by atoms with E-state index in [-0.39, 0.29) is 23.5 Å². The summed E-state index contributed by atoms with van der Waals surface area (Å²) in [5.74, 6) is 0. The van der Waals surface area contributed by atoms with Gasteiger partial charge in [0.15, 0.2) is 5.54 Å². The molecule has 5 heteroatoms. The second kappa shape index (κ2) is 3.96. The Bertz CT molecular complexity index is 430. The third-order valence-corrected chi connectivity index (χ3v) is 3.72. The average molecular weight is 258 g/mol. The number of halogens is 3. The van der Waals surface area contributed by atoms with Gasteiger partial charge < -0.3 is 0 Å². The highest BCUT2D eigenvalue weighted by molar-refractivity contribution is 5.29. The predicted octanol–water partition coefficient (Wildman–Crippen LogP) is 3.66. The summed E-state index contributed by atoms with van der Waals surface area (Å²) in [7, 11) is 0. The standard InChI is InChI=1S/C13H15F3NO/c1-11(2)8-9-12(17(11)18,13(14,15)16)10-6-4-3-5-7-10/h3-7H,8-9H2,1-2H3. The summed E-state index contributed by atoms with van der Waals surface area (Å²) in [6.07, 6.45) is -4.55. The third kappa shape index (κ3) is 1.73. The van der Waals surface area contributed by atoms with E-state index in [1.165, 1.54) is 24.3 Å². The van der Waals surface area contributed by atoms with Crippen molar-refractivity contribution < 1.29 is 18.4 Å². The highest BCUT2D eigenvalue weighted by Crippen LogP contribution is 2.54. The number of nitrogens with zero attached hydrogens (tertiary/aromatic N) is 1. The molecule has 1 atom stereocenters. The lowest BCUT2D eigenvalue weighted by molar-refractivity contribution is -0.342. The highest BCUT2D eigenvalue weighted by atomic mass is 19.4. The van der Waals surface area contributed by atoms with Crippen molar-refractivity contribution in [2.45, 2.75) is 43.9 Å². The minimum atomic E-state index is -4.58. The lowest BCUT2D eigenvalue weighted by Crippen LogP contribution is -2.55. The minimum Gasteiger partial charge on any atom is -0.168 e. The Morgan fingerprint density at radius 2 is 1.67 bits per heavy atom. The van der Waals surface area contributed by atoms with Crippen LogP contribution in [0.3, 0.4) is 0 Å². The first-order valence-electron chi connectivity index (χ1n) is 5.81. The molecule has 1 saturated heterocycles. The van der Waals surface area contributed by atoms with Gasteiger partial charge >= 0.3 is 6.18 Å². The van der Waals surface area contributed by atoms with Gasteiger partial charge in [-0.2, -0.15) is 13.2 Å². The lowest BCUT2D eigenvalue weighted by Gasteiger charge is -2.39. The molecule has 0 aromatic heterocycles. The predicted molar refractivity (Wildman–Crippen MR) is 60.0 cm³/mol. The molecule has 1 fully saturated rings. The van der Waals surface area contributed by atoms with Gasteiger partial charge in [-0.05, 0) is 32.3 Å². The molecule has 1 aliphatic rings. The summed E-state index contributed by atoms with van der Waals surface area (Å²) in [5.41, 5.74) is -3.37. The number of hydrogen-bond acceptors (Lipinski definition) is 1. The van der Waals surface area contributed by atoms with Gasteiger partial charge in [-0.15, -0.1) is 10.3 Å². The molecule has 1 aliphatic heterocycles. The number of rotatable bonds is 1. The van der Waals surface area contributed by atoms with Crippen LogP contribution < -0.4 is 0 Å². The van der Waals surface area contributed by atoms with E-state index >= 15 is 0 Å². The summed E-state index contributed by atoms with van der Waals surface area (Å²) in [6, 6.07) is 7.45. The molecule has 0 saturated carbocycles. The van der Waals surface area contributed by atoms with Crippen molar-refractivity contribution in [1.29, 1.82) is 0 Å². The van der Waals surface area contributed by atoms with Crippen molar-refractivity contribution in [3.05, 3.63) is 35.9 Å². The van der Waals surface area contributed by atoms with Crippen LogP contribution in [0.2, 0.25) is 0 Å². The van der Waals surface area contributed by atoms with Crippen molar-refractivity contribution in [1.82, 2.24) is 5.06 Å². The minimum absolute atomic E-state index is 0.0260. The maximum Gasteiger partial charge on any atom is 0.413 e. The van der Waals surface area contributed by atoms with Crippen molar-refractivity contribution >= 4 is 0 Å². The van der Waals surface area contributed by atoms with Gasteiger partial charge in [0.1, 0.15) is 0 Å². The Balaban J connectivity index is 2.58. The first-order valence-corrected chi connectivity index (χ1v) is 5.81. The molecule has 1 heterocycles. The topological polar surface area (TPSA) is 23.1 Å². The molecular weight excluding hydrogens is 243 g/mol. The lowest BCUT2D eigenvalue weighted by atomic mass is 9.87. The van der Waals surface area contributed by atoms with Crippen molar-refractivity contribution in [3.63, 3.8) is 0 Å². The normalized spacial score (nSPS) is 28.6. The van der Waals surface area contributed by atoms with Gasteiger partial charge in [0.05, 0.1) is 0 Å². The van der Waals surface area contributed by atoms with Crippen LogP contribution in [-0.2, 0) is 10.7 Å². The van der Waals surface area contributed by atoms with Crippen LogP contribution >= 0.6 is 0 Å². The molecule has 2 nitrogen and oxygen atoms in total. The van der Waals surface area contributed by atoms with E-state index in [4.69, 9.17) is 0 Å². The molecular formula is C13H15F3NO. The Kier molecular flexibility index (Phi) is 2.94. The molecule has 0 bridgehead atoms. The van der Waals surface area contributed by atoms with E-state index in [0.717, 1.165) is 0 Å². The molecule has 1 aromatic rings. The Morgan fingerprint density at radius 1 is 1.11 bits per heavy atom. The summed E-state index contributed by atoms with van der Waals surface area (Å²) >= 11 is 0. The van der Waals surface area contributed by atoms with Gasteiger partial charge in [0.2, 0.25) is 0 Å². The fraction of sp³-hybridized carbons (Fsp3) is 0.538. The van der Waals surface area contributed by atoms with Crippen molar-refractivity contribution in [2.75, 3.05) is 0 Å². The van der Waals surface area contributed by atoms with E-state index in [1.54, 1.807) is 19.9 Å². The molecule has 99 valence electrons. The summed E-state index contributed by atoms with van der Waals surface area (Å²) in [6.45, 7) is 3.10. The Morgan fingerprint density at radius 3 is 2.06 bits per heavy atom. The van der Waals surface area contributed by atoms with Crippen LogP contribution in [-0.4, -0.2) is 16.8 Å². The SMILES string of the molecule is CC1(C)CCC(c2ccccc2)(C(F)(F)F)N1[O]. The number of alkyl halides is 3. The van der Waals surface area contributed by atoms with Crippen molar-refractivity contribution in [2.24, 2.45) is 0 Å². The number of hydroxylamine groups is 2. The van der Waals surface area contributed by atoms with Crippen LogP contribution in [0.25, 0.3) is 0 Å². The summed E-state index contributed by atoms with van der Waals surface area (Å²) in [4.78, 5) is 0. The van der Waals surface area contributed by atoms with Crippen LogP contribution in [0.5, 0.6) is 0 Å². The Hall–Kier alpha value is -1.07. The molecule has 1 radical (unpaired) electrons. The zero-order valence-corrected chi connectivity index (χ0v) is 10.3. The maximum atomic E-state index is 13.5. The van der Waals surface area contributed by atoms with Crippen LogP contribution in [0.4, 0.5) is 13.2 Å². The molecule has 0 amide bonds. The highest BCUT2D eigenvalue weighted by Gasteiger charge is 2.66. The molecule has 18 heavy (non-hydrogen) atoms. The quantitative estimate of drug-likeness (QED) is 0.753. The Labute approximate surface area is 104 Å².